The lowest BCUT2D eigenvalue weighted by atomic mass is 10.2. The fraction of sp³-hybridized carbons (Fsp3) is 0.375. The molecular formula is C16H20N2O3S. The number of hydrogen-bond acceptors (Lipinski definition) is 4. The van der Waals surface area contributed by atoms with Crippen LogP contribution in [0.4, 0.5) is 0 Å². The van der Waals surface area contributed by atoms with Gasteiger partial charge in [-0.05, 0) is 38.3 Å². The first kappa shape index (κ1) is 16.3. The molecule has 0 aliphatic heterocycles. The van der Waals surface area contributed by atoms with Crippen molar-refractivity contribution in [2.24, 2.45) is 0 Å². The van der Waals surface area contributed by atoms with E-state index in [4.69, 9.17) is 4.74 Å². The zero-order chi connectivity index (χ0) is 16.1. The normalized spacial score (nSPS) is 10.5. The minimum absolute atomic E-state index is 0.264. The van der Waals surface area contributed by atoms with Gasteiger partial charge in [-0.1, -0.05) is 6.07 Å². The van der Waals surface area contributed by atoms with Crippen molar-refractivity contribution in [2.75, 3.05) is 6.61 Å². The Morgan fingerprint density at radius 1 is 1.36 bits per heavy atom. The third-order valence-corrected chi connectivity index (χ3v) is 4.36. The molecule has 0 bridgehead atoms. The van der Waals surface area contributed by atoms with E-state index >= 15 is 0 Å². The van der Waals surface area contributed by atoms with Crippen LogP contribution in [0.5, 0.6) is 0 Å². The molecule has 2 aromatic rings. The Balaban J connectivity index is 1.86. The number of esters is 1. The van der Waals surface area contributed by atoms with E-state index in [1.807, 2.05) is 42.9 Å². The van der Waals surface area contributed by atoms with E-state index in [1.165, 1.54) is 0 Å². The van der Waals surface area contributed by atoms with Crippen molar-refractivity contribution >= 4 is 23.2 Å². The van der Waals surface area contributed by atoms with Crippen molar-refractivity contribution < 1.29 is 14.3 Å². The Kier molecular flexibility index (Phi) is 5.38. The van der Waals surface area contributed by atoms with Gasteiger partial charge < -0.3 is 14.6 Å². The summed E-state index contributed by atoms with van der Waals surface area (Å²) in [5, 5.41) is 4.67. The average molecular weight is 320 g/mol. The number of amides is 1. The molecule has 0 fully saturated rings. The summed E-state index contributed by atoms with van der Waals surface area (Å²) in [7, 11) is 0. The summed E-state index contributed by atoms with van der Waals surface area (Å²) in [5.41, 5.74) is 2.39. The third-order valence-electron chi connectivity index (χ3n) is 3.48. The van der Waals surface area contributed by atoms with Crippen molar-refractivity contribution in [2.45, 2.75) is 33.9 Å². The number of nitrogens with zero attached hydrogens (tertiary/aromatic N) is 1. The topological polar surface area (TPSA) is 60.3 Å². The Bertz CT molecular complexity index is 659. The molecule has 6 heteroatoms. The lowest BCUT2D eigenvalue weighted by Crippen LogP contribution is -2.28. The summed E-state index contributed by atoms with van der Waals surface area (Å²) in [6.45, 7) is 6.84. The van der Waals surface area contributed by atoms with Crippen LogP contribution in [0.25, 0.3) is 0 Å². The van der Waals surface area contributed by atoms with E-state index < -0.39 is 5.97 Å². The first-order valence-corrected chi connectivity index (χ1v) is 8.03. The zero-order valence-electron chi connectivity index (χ0n) is 13.0. The molecular weight excluding hydrogens is 300 g/mol. The molecule has 1 N–H and O–H groups in total. The Morgan fingerprint density at radius 3 is 2.73 bits per heavy atom. The molecule has 0 atom stereocenters. The van der Waals surface area contributed by atoms with Gasteiger partial charge in [0.25, 0.3) is 5.91 Å². The van der Waals surface area contributed by atoms with Crippen LogP contribution in [0.3, 0.4) is 0 Å². The molecule has 2 aromatic heterocycles. The molecule has 2 heterocycles. The Morgan fingerprint density at radius 2 is 2.14 bits per heavy atom. The molecule has 5 nitrogen and oxygen atoms in total. The van der Waals surface area contributed by atoms with Crippen molar-refractivity contribution in [3.63, 3.8) is 0 Å². The van der Waals surface area contributed by atoms with Crippen molar-refractivity contribution in [1.82, 2.24) is 9.88 Å². The van der Waals surface area contributed by atoms with Crippen LogP contribution in [-0.2, 0) is 22.6 Å². The highest BCUT2D eigenvalue weighted by Gasteiger charge is 2.17. The summed E-state index contributed by atoms with van der Waals surface area (Å²) < 4.78 is 7.13. The first-order valence-electron chi connectivity index (χ1n) is 7.15. The molecule has 0 aromatic carbocycles. The smallest absolute Gasteiger partial charge is 0.340 e. The van der Waals surface area contributed by atoms with Gasteiger partial charge in [-0.25, -0.2) is 4.79 Å². The number of aryl methyl sites for hydroxylation is 1. The number of carbonyl (C=O) groups is 2. The summed E-state index contributed by atoms with van der Waals surface area (Å²) in [6.07, 6.45) is 0. The predicted molar refractivity (Wildman–Crippen MR) is 86.0 cm³/mol. The number of carbonyl (C=O) groups excluding carboxylic acids is 2. The molecule has 0 radical (unpaired) electrons. The van der Waals surface area contributed by atoms with Crippen molar-refractivity contribution in [1.29, 1.82) is 0 Å². The number of thiophene rings is 1. The Hall–Kier alpha value is -2.08. The fourth-order valence-corrected chi connectivity index (χ4v) is 3.00. The highest BCUT2D eigenvalue weighted by molar-refractivity contribution is 7.09. The lowest BCUT2D eigenvalue weighted by molar-refractivity contribution is -0.124. The lowest BCUT2D eigenvalue weighted by Gasteiger charge is -2.07. The highest BCUT2D eigenvalue weighted by atomic mass is 32.1. The van der Waals surface area contributed by atoms with Gasteiger partial charge in [0.15, 0.2) is 6.61 Å². The van der Waals surface area contributed by atoms with Crippen LogP contribution in [0, 0.1) is 13.8 Å². The van der Waals surface area contributed by atoms with Crippen molar-refractivity contribution in [3.8, 4) is 0 Å². The molecule has 0 spiro atoms. The Labute approximate surface area is 133 Å². The molecule has 2 rings (SSSR count). The van der Waals surface area contributed by atoms with Gasteiger partial charge in [0.1, 0.15) is 0 Å². The van der Waals surface area contributed by atoms with Crippen molar-refractivity contribution in [3.05, 3.63) is 45.4 Å². The maximum absolute atomic E-state index is 12.1. The number of hydrogen-bond donors (Lipinski definition) is 1. The number of nitrogens with one attached hydrogen (secondary N) is 1. The maximum atomic E-state index is 12.1. The monoisotopic (exact) mass is 320 g/mol. The first-order chi connectivity index (χ1) is 10.5. The summed E-state index contributed by atoms with van der Waals surface area (Å²) in [6, 6.07) is 5.66. The van der Waals surface area contributed by atoms with Gasteiger partial charge in [0.2, 0.25) is 0 Å². The molecule has 0 saturated heterocycles. The van der Waals surface area contributed by atoms with Gasteiger partial charge in [-0.3, -0.25) is 4.79 Å². The number of ether oxygens (including phenoxy) is 1. The standard InChI is InChI=1S/C16H20N2O3S/c1-4-18-11(2)8-14(12(18)3)16(20)21-10-15(19)17-9-13-6-5-7-22-13/h5-8H,4,9-10H2,1-3H3,(H,17,19). The minimum atomic E-state index is -0.459. The third kappa shape index (κ3) is 3.76. The molecule has 22 heavy (non-hydrogen) atoms. The molecule has 0 unspecified atom stereocenters. The van der Waals surface area contributed by atoms with Crippen LogP contribution in [0.2, 0.25) is 0 Å². The largest absolute Gasteiger partial charge is 0.452 e. The van der Waals surface area contributed by atoms with Crippen LogP contribution in [-0.4, -0.2) is 23.1 Å². The van der Waals surface area contributed by atoms with E-state index in [1.54, 1.807) is 17.4 Å². The highest BCUT2D eigenvalue weighted by Crippen LogP contribution is 2.16. The van der Waals surface area contributed by atoms with Gasteiger partial charge in [-0.15, -0.1) is 11.3 Å². The van der Waals surface area contributed by atoms with Crippen LogP contribution in [0.1, 0.15) is 33.5 Å². The fourth-order valence-electron chi connectivity index (χ4n) is 2.35. The maximum Gasteiger partial charge on any atom is 0.340 e. The second-order valence-corrected chi connectivity index (χ2v) is 5.99. The van der Waals surface area contributed by atoms with Crippen LogP contribution >= 0.6 is 11.3 Å². The molecule has 118 valence electrons. The summed E-state index contributed by atoms with van der Waals surface area (Å²) in [5.74, 6) is -0.759. The summed E-state index contributed by atoms with van der Waals surface area (Å²) in [4.78, 5) is 24.8. The predicted octanol–water partition coefficient (Wildman–Crippen LogP) is 2.66. The van der Waals surface area contributed by atoms with E-state index in [9.17, 15) is 9.59 Å². The molecule has 1 amide bonds. The number of rotatable bonds is 6. The summed E-state index contributed by atoms with van der Waals surface area (Å²) >= 11 is 1.57. The quantitative estimate of drug-likeness (QED) is 0.833. The van der Waals surface area contributed by atoms with Crippen LogP contribution < -0.4 is 5.32 Å². The van der Waals surface area contributed by atoms with E-state index in [2.05, 4.69) is 5.32 Å². The number of aromatic nitrogens is 1. The molecule has 0 aliphatic carbocycles. The van der Waals surface area contributed by atoms with E-state index in [0.29, 0.717) is 12.1 Å². The zero-order valence-corrected chi connectivity index (χ0v) is 13.8. The average Bonchev–Trinajstić information content (AvgIpc) is 3.10. The van der Waals surface area contributed by atoms with Crippen LogP contribution in [0.15, 0.2) is 23.6 Å². The second-order valence-electron chi connectivity index (χ2n) is 4.96. The van der Waals surface area contributed by atoms with Gasteiger partial charge in [-0.2, -0.15) is 0 Å². The van der Waals surface area contributed by atoms with Gasteiger partial charge in [0, 0.05) is 22.8 Å². The molecule has 0 aliphatic rings. The van der Waals surface area contributed by atoms with E-state index in [-0.39, 0.29) is 12.5 Å². The SMILES string of the molecule is CCn1c(C)cc(C(=O)OCC(=O)NCc2cccs2)c1C. The van der Waals surface area contributed by atoms with E-state index in [0.717, 1.165) is 22.8 Å². The molecule has 0 saturated carbocycles. The van der Waals surface area contributed by atoms with Gasteiger partial charge in [0.05, 0.1) is 12.1 Å². The van der Waals surface area contributed by atoms with Gasteiger partial charge >= 0.3 is 5.97 Å². The minimum Gasteiger partial charge on any atom is -0.452 e. The second kappa shape index (κ2) is 7.26.